The highest BCUT2D eigenvalue weighted by Gasteiger charge is 2.26. The SMILES string of the molecule is O=Cc1cc([N+](=O)[O-])c(OC(F)F)cc1S(=O)(=O)Cl. The maximum Gasteiger partial charge on any atom is 0.387 e. The molecule has 104 valence electrons. The van der Waals surface area contributed by atoms with E-state index in [9.17, 15) is 32.1 Å². The van der Waals surface area contributed by atoms with E-state index in [1.54, 1.807) is 0 Å². The predicted octanol–water partition coefficient (Wildman–Crippen LogP) is 1.94. The Bertz CT molecular complexity index is 632. The highest BCUT2D eigenvalue weighted by atomic mass is 35.7. The van der Waals surface area contributed by atoms with Crippen molar-refractivity contribution in [2.45, 2.75) is 11.5 Å². The van der Waals surface area contributed by atoms with Crippen molar-refractivity contribution in [1.29, 1.82) is 0 Å². The molecule has 0 aromatic heterocycles. The van der Waals surface area contributed by atoms with Crippen LogP contribution in [0.15, 0.2) is 17.0 Å². The van der Waals surface area contributed by atoms with Gasteiger partial charge in [0.1, 0.15) is 0 Å². The number of nitrogens with zero attached hydrogens (tertiary/aromatic N) is 1. The topological polar surface area (TPSA) is 104 Å². The van der Waals surface area contributed by atoms with Gasteiger partial charge in [-0.15, -0.1) is 0 Å². The zero-order valence-corrected chi connectivity index (χ0v) is 10.3. The average Bonchev–Trinajstić information content (AvgIpc) is 2.26. The summed E-state index contributed by atoms with van der Waals surface area (Å²) in [5.74, 6) is -1.01. The number of halogens is 3. The van der Waals surface area contributed by atoms with Crippen molar-refractivity contribution in [1.82, 2.24) is 0 Å². The van der Waals surface area contributed by atoms with Crippen molar-refractivity contribution in [2.24, 2.45) is 0 Å². The summed E-state index contributed by atoms with van der Waals surface area (Å²) < 4.78 is 50.2. The van der Waals surface area contributed by atoms with E-state index < -0.39 is 42.5 Å². The van der Waals surface area contributed by atoms with Crippen molar-refractivity contribution < 1.29 is 31.7 Å². The molecule has 0 radical (unpaired) electrons. The van der Waals surface area contributed by atoms with E-state index in [0.717, 1.165) is 0 Å². The zero-order chi connectivity index (χ0) is 14.8. The number of rotatable bonds is 5. The van der Waals surface area contributed by atoms with Gasteiger partial charge in [-0.1, -0.05) is 0 Å². The highest BCUT2D eigenvalue weighted by molar-refractivity contribution is 8.13. The number of carbonyl (C=O) groups is 1. The molecule has 0 saturated carbocycles. The average molecular weight is 316 g/mol. The minimum absolute atomic E-state index is 0.00554. The standard InChI is InChI=1S/C8H4ClF2NO6S/c9-19(16,17)7-2-6(18-8(10)11)5(12(14)15)1-4(7)3-13/h1-3,8H. The summed E-state index contributed by atoms with van der Waals surface area (Å²) in [6.07, 6.45) is -0.00554. The first-order valence-electron chi connectivity index (χ1n) is 4.34. The van der Waals surface area contributed by atoms with Gasteiger partial charge in [0, 0.05) is 28.4 Å². The molecule has 0 saturated heterocycles. The molecule has 0 atom stereocenters. The Morgan fingerprint density at radius 1 is 1.42 bits per heavy atom. The van der Waals surface area contributed by atoms with Crippen LogP contribution in [0.25, 0.3) is 0 Å². The Kier molecular flexibility index (Phi) is 4.37. The van der Waals surface area contributed by atoms with Gasteiger partial charge in [0.2, 0.25) is 5.75 Å². The van der Waals surface area contributed by atoms with Gasteiger partial charge in [-0.25, -0.2) is 8.42 Å². The van der Waals surface area contributed by atoms with E-state index in [1.807, 2.05) is 0 Å². The lowest BCUT2D eigenvalue weighted by molar-refractivity contribution is -0.386. The molecule has 0 aliphatic rings. The summed E-state index contributed by atoms with van der Waals surface area (Å²) in [5, 5.41) is 10.6. The van der Waals surface area contributed by atoms with Gasteiger partial charge in [0.05, 0.1) is 9.82 Å². The van der Waals surface area contributed by atoms with E-state index in [-0.39, 0.29) is 6.29 Å². The number of aldehydes is 1. The number of nitro groups is 1. The third-order valence-electron chi connectivity index (χ3n) is 1.89. The number of nitro benzene ring substituents is 1. The summed E-state index contributed by atoms with van der Waals surface area (Å²) in [6, 6.07) is 0.885. The van der Waals surface area contributed by atoms with Gasteiger partial charge >= 0.3 is 12.3 Å². The third-order valence-corrected chi connectivity index (χ3v) is 3.27. The molecule has 0 aliphatic carbocycles. The highest BCUT2D eigenvalue weighted by Crippen LogP contribution is 2.34. The number of hydrogen-bond donors (Lipinski definition) is 0. The Morgan fingerprint density at radius 3 is 2.37 bits per heavy atom. The normalized spacial score (nSPS) is 11.4. The molecule has 1 aromatic rings. The lowest BCUT2D eigenvalue weighted by Gasteiger charge is -2.08. The van der Waals surface area contributed by atoms with Crippen LogP contribution in [0.1, 0.15) is 10.4 Å². The zero-order valence-electron chi connectivity index (χ0n) is 8.75. The second-order valence-corrected chi connectivity index (χ2v) is 5.58. The molecular weight excluding hydrogens is 312 g/mol. The molecule has 1 aromatic carbocycles. The first-order valence-corrected chi connectivity index (χ1v) is 6.65. The van der Waals surface area contributed by atoms with Crippen molar-refractivity contribution in [3.8, 4) is 5.75 Å². The molecule has 0 heterocycles. The minimum Gasteiger partial charge on any atom is -0.427 e. The van der Waals surface area contributed by atoms with Crippen molar-refractivity contribution >= 4 is 31.7 Å². The molecule has 0 aliphatic heterocycles. The second kappa shape index (κ2) is 5.45. The first-order chi connectivity index (χ1) is 8.66. The van der Waals surface area contributed by atoms with Crippen LogP contribution in [0.4, 0.5) is 14.5 Å². The van der Waals surface area contributed by atoms with E-state index in [2.05, 4.69) is 4.74 Å². The molecule has 7 nitrogen and oxygen atoms in total. The van der Waals surface area contributed by atoms with Crippen molar-refractivity contribution in [3.05, 3.63) is 27.8 Å². The molecule has 0 spiro atoms. The Labute approximate surface area is 109 Å². The molecule has 0 bridgehead atoms. The number of benzene rings is 1. The number of ether oxygens (including phenoxy) is 1. The maximum absolute atomic E-state index is 12.1. The largest absolute Gasteiger partial charge is 0.427 e. The van der Waals surface area contributed by atoms with E-state index in [1.165, 1.54) is 0 Å². The van der Waals surface area contributed by atoms with Crippen LogP contribution in [0.2, 0.25) is 0 Å². The Morgan fingerprint density at radius 2 is 2.00 bits per heavy atom. The van der Waals surface area contributed by atoms with Gasteiger partial charge in [-0.3, -0.25) is 14.9 Å². The number of carbonyl (C=O) groups excluding carboxylic acids is 1. The van der Waals surface area contributed by atoms with Crippen LogP contribution in [0.5, 0.6) is 5.75 Å². The maximum atomic E-state index is 12.1. The third kappa shape index (κ3) is 3.58. The summed E-state index contributed by atoms with van der Waals surface area (Å²) in [5.41, 5.74) is -1.62. The van der Waals surface area contributed by atoms with Gasteiger partial charge in [-0.2, -0.15) is 8.78 Å². The van der Waals surface area contributed by atoms with Crippen LogP contribution in [0, 0.1) is 10.1 Å². The predicted molar refractivity (Wildman–Crippen MR) is 58.2 cm³/mol. The quantitative estimate of drug-likeness (QED) is 0.356. The van der Waals surface area contributed by atoms with Crippen molar-refractivity contribution in [3.63, 3.8) is 0 Å². The summed E-state index contributed by atoms with van der Waals surface area (Å²) in [6.45, 7) is -3.41. The van der Waals surface area contributed by atoms with E-state index in [4.69, 9.17) is 10.7 Å². The molecule has 1 rings (SSSR count). The van der Waals surface area contributed by atoms with Crippen LogP contribution in [-0.4, -0.2) is 26.2 Å². The molecule has 11 heteroatoms. The lowest BCUT2D eigenvalue weighted by atomic mass is 10.2. The van der Waals surface area contributed by atoms with E-state index in [0.29, 0.717) is 12.1 Å². The second-order valence-electron chi connectivity index (χ2n) is 3.05. The fourth-order valence-corrected chi connectivity index (χ4v) is 2.24. The molecule has 19 heavy (non-hydrogen) atoms. The van der Waals surface area contributed by atoms with Crippen LogP contribution < -0.4 is 4.74 Å². The van der Waals surface area contributed by atoms with Crippen LogP contribution in [0.3, 0.4) is 0 Å². The van der Waals surface area contributed by atoms with Crippen molar-refractivity contribution in [2.75, 3.05) is 0 Å². The van der Waals surface area contributed by atoms with E-state index >= 15 is 0 Å². The van der Waals surface area contributed by atoms with Crippen LogP contribution >= 0.6 is 10.7 Å². The molecule has 0 unspecified atom stereocenters. The molecule has 0 N–H and O–H groups in total. The fraction of sp³-hybridized carbons (Fsp3) is 0.125. The lowest BCUT2D eigenvalue weighted by Crippen LogP contribution is -2.07. The summed E-state index contributed by atoms with van der Waals surface area (Å²) in [7, 11) is 0.530. The molecule has 0 amide bonds. The number of hydrogen-bond acceptors (Lipinski definition) is 6. The van der Waals surface area contributed by atoms with Crippen LogP contribution in [-0.2, 0) is 9.05 Å². The van der Waals surface area contributed by atoms with Gasteiger partial charge in [0.15, 0.2) is 6.29 Å². The van der Waals surface area contributed by atoms with Gasteiger partial charge < -0.3 is 4.74 Å². The first kappa shape index (κ1) is 15.2. The van der Waals surface area contributed by atoms with Gasteiger partial charge in [0.25, 0.3) is 9.05 Å². The number of alkyl halides is 2. The fourth-order valence-electron chi connectivity index (χ4n) is 1.20. The van der Waals surface area contributed by atoms with Gasteiger partial charge in [-0.05, 0) is 0 Å². The Hall–Kier alpha value is -1.81. The summed E-state index contributed by atoms with van der Waals surface area (Å²) in [4.78, 5) is 19.3. The minimum atomic E-state index is -4.45. The molecule has 0 fully saturated rings. The monoisotopic (exact) mass is 315 g/mol. The smallest absolute Gasteiger partial charge is 0.387 e. The molecular formula is C8H4ClF2NO6S. The summed E-state index contributed by atoms with van der Waals surface area (Å²) >= 11 is 0. The Balaban J connectivity index is 3.61.